The largest absolute Gasteiger partial charge is 0.481 e. The number of hydrogen-bond donors (Lipinski definition) is 2. The Balaban J connectivity index is 1.62. The maximum atomic E-state index is 12.6. The van der Waals surface area contributed by atoms with E-state index in [-0.39, 0.29) is 29.1 Å². The molecule has 4 atom stereocenters. The minimum atomic E-state index is -0.822. The fraction of sp³-hybridized carbons (Fsp3) is 0.778. The molecule has 4 heteroatoms. The van der Waals surface area contributed by atoms with Gasteiger partial charge in [0.25, 0.3) is 0 Å². The molecule has 0 aromatic heterocycles. The molecule has 22 heavy (non-hydrogen) atoms. The number of carbonyl (C=O) groups excluding carboxylic acids is 1. The Morgan fingerprint density at radius 1 is 1.23 bits per heavy atom. The van der Waals surface area contributed by atoms with Crippen LogP contribution in [0.2, 0.25) is 0 Å². The summed E-state index contributed by atoms with van der Waals surface area (Å²) in [4.78, 5) is 24.1. The molecule has 3 aliphatic carbocycles. The minimum absolute atomic E-state index is 0.0423. The molecule has 0 aromatic rings. The molecule has 4 nitrogen and oxygen atoms in total. The molecule has 2 bridgehead atoms. The Labute approximate surface area is 132 Å². The lowest BCUT2D eigenvalue weighted by molar-refractivity contribution is -0.148. The second kappa shape index (κ2) is 5.71. The molecular formula is C18H27NO3. The van der Waals surface area contributed by atoms with Crippen LogP contribution in [0.25, 0.3) is 0 Å². The Bertz CT molecular complexity index is 493. The van der Waals surface area contributed by atoms with E-state index in [1.54, 1.807) is 0 Å². The molecule has 0 heterocycles. The highest BCUT2D eigenvalue weighted by Crippen LogP contribution is 2.49. The van der Waals surface area contributed by atoms with E-state index in [1.165, 1.54) is 19.3 Å². The SMILES string of the molecule is CC(C)CC1(CNC(=O)C2C3C=CC(C3)C2C(=O)O)CCC1. The van der Waals surface area contributed by atoms with Crippen molar-refractivity contribution in [2.45, 2.75) is 46.0 Å². The van der Waals surface area contributed by atoms with E-state index in [9.17, 15) is 14.7 Å². The quantitative estimate of drug-likeness (QED) is 0.742. The lowest BCUT2D eigenvalue weighted by Gasteiger charge is -2.43. The van der Waals surface area contributed by atoms with E-state index in [2.05, 4.69) is 19.2 Å². The van der Waals surface area contributed by atoms with Gasteiger partial charge in [-0.25, -0.2) is 0 Å². The van der Waals surface area contributed by atoms with E-state index in [0.29, 0.717) is 12.5 Å². The van der Waals surface area contributed by atoms with E-state index in [0.717, 1.165) is 12.8 Å². The van der Waals surface area contributed by atoms with Crippen molar-refractivity contribution in [1.82, 2.24) is 5.32 Å². The van der Waals surface area contributed by atoms with Gasteiger partial charge in [-0.15, -0.1) is 0 Å². The minimum Gasteiger partial charge on any atom is -0.481 e. The number of fused-ring (bicyclic) bond motifs is 2. The van der Waals surface area contributed by atoms with Crippen LogP contribution in [0.4, 0.5) is 0 Å². The first-order chi connectivity index (χ1) is 10.4. The van der Waals surface area contributed by atoms with Crippen LogP contribution in [0.1, 0.15) is 46.0 Å². The lowest BCUT2D eigenvalue weighted by atomic mass is 9.64. The summed E-state index contributed by atoms with van der Waals surface area (Å²) in [6.07, 6.45) is 9.62. The zero-order chi connectivity index (χ0) is 15.9. The third-order valence-corrected chi connectivity index (χ3v) is 5.94. The maximum Gasteiger partial charge on any atom is 0.307 e. The molecule has 2 N–H and O–H groups in total. The van der Waals surface area contributed by atoms with Crippen LogP contribution in [-0.2, 0) is 9.59 Å². The van der Waals surface area contributed by atoms with Crippen molar-refractivity contribution in [2.75, 3.05) is 6.54 Å². The van der Waals surface area contributed by atoms with Crippen molar-refractivity contribution in [3.63, 3.8) is 0 Å². The summed E-state index contributed by atoms with van der Waals surface area (Å²) in [5.74, 6) is -0.965. The van der Waals surface area contributed by atoms with E-state index >= 15 is 0 Å². The van der Waals surface area contributed by atoms with Crippen molar-refractivity contribution in [2.24, 2.45) is 35.0 Å². The Morgan fingerprint density at radius 3 is 2.36 bits per heavy atom. The van der Waals surface area contributed by atoms with Gasteiger partial charge in [0, 0.05) is 6.54 Å². The van der Waals surface area contributed by atoms with Gasteiger partial charge in [0.2, 0.25) is 5.91 Å². The molecule has 2 saturated carbocycles. The van der Waals surface area contributed by atoms with Gasteiger partial charge in [-0.1, -0.05) is 32.4 Å². The van der Waals surface area contributed by atoms with Crippen LogP contribution in [0.15, 0.2) is 12.2 Å². The number of nitrogens with one attached hydrogen (secondary N) is 1. The van der Waals surface area contributed by atoms with Gasteiger partial charge >= 0.3 is 5.97 Å². The molecule has 2 fully saturated rings. The summed E-state index contributed by atoms with van der Waals surface area (Å²) < 4.78 is 0. The van der Waals surface area contributed by atoms with Gasteiger partial charge in [0.05, 0.1) is 11.8 Å². The van der Waals surface area contributed by atoms with Crippen molar-refractivity contribution in [1.29, 1.82) is 0 Å². The zero-order valence-electron chi connectivity index (χ0n) is 13.5. The Kier molecular flexibility index (Phi) is 4.04. The molecule has 3 rings (SSSR count). The third kappa shape index (κ3) is 2.68. The highest BCUT2D eigenvalue weighted by atomic mass is 16.4. The molecular weight excluding hydrogens is 278 g/mol. The van der Waals surface area contributed by atoms with Crippen molar-refractivity contribution in [3.05, 3.63) is 12.2 Å². The Hall–Kier alpha value is -1.32. The van der Waals surface area contributed by atoms with Gasteiger partial charge in [-0.3, -0.25) is 9.59 Å². The average Bonchev–Trinajstić information content (AvgIpc) is 3.00. The topological polar surface area (TPSA) is 66.4 Å². The first-order valence-electron chi connectivity index (χ1n) is 8.61. The summed E-state index contributed by atoms with van der Waals surface area (Å²) in [5.41, 5.74) is 0.260. The maximum absolute atomic E-state index is 12.6. The van der Waals surface area contributed by atoms with Crippen molar-refractivity contribution < 1.29 is 14.7 Å². The summed E-state index contributed by atoms with van der Waals surface area (Å²) in [6, 6.07) is 0. The lowest BCUT2D eigenvalue weighted by Crippen LogP contribution is -2.47. The molecule has 4 unspecified atom stereocenters. The van der Waals surface area contributed by atoms with Gasteiger partial charge in [-0.05, 0) is 48.9 Å². The molecule has 122 valence electrons. The third-order valence-electron chi connectivity index (χ3n) is 5.94. The number of hydrogen-bond acceptors (Lipinski definition) is 2. The predicted molar refractivity (Wildman–Crippen MR) is 84.1 cm³/mol. The summed E-state index contributed by atoms with van der Waals surface area (Å²) in [6.45, 7) is 5.17. The second-order valence-corrected chi connectivity index (χ2v) is 8.01. The number of allylic oxidation sites excluding steroid dienone is 2. The molecule has 0 saturated heterocycles. The van der Waals surface area contributed by atoms with E-state index in [1.807, 2.05) is 12.2 Å². The zero-order valence-corrected chi connectivity index (χ0v) is 13.5. The number of carbonyl (C=O) groups is 2. The molecule has 0 aliphatic heterocycles. The van der Waals surface area contributed by atoms with Crippen LogP contribution in [-0.4, -0.2) is 23.5 Å². The highest BCUT2D eigenvalue weighted by molar-refractivity contribution is 5.86. The standard InChI is InChI=1S/C18H27NO3/c1-11(2)9-18(6-3-7-18)10-19-16(20)14-12-4-5-13(8-12)15(14)17(21)22/h4-5,11-15H,3,6-10H2,1-2H3,(H,19,20)(H,21,22). The van der Waals surface area contributed by atoms with Crippen LogP contribution in [0.5, 0.6) is 0 Å². The summed E-state index contributed by atoms with van der Waals surface area (Å²) >= 11 is 0. The average molecular weight is 305 g/mol. The molecule has 1 amide bonds. The molecule has 0 spiro atoms. The van der Waals surface area contributed by atoms with Gasteiger partial charge in [0.1, 0.15) is 0 Å². The van der Waals surface area contributed by atoms with E-state index < -0.39 is 11.9 Å². The first-order valence-corrected chi connectivity index (χ1v) is 8.61. The normalized spacial score (nSPS) is 34.7. The Morgan fingerprint density at radius 2 is 1.86 bits per heavy atom. The highest BCUT2D eigenvalue weighted by Gasteiger charge is 2.52. The first kappa shape index (κ1) is 15.6. The van der Waals surface area contributed by atoms with Gasteiger partial charge in [0.15, 0.2) is 0 Å². The monoisotopic (exact) mass is 305 g/mol. The van der Waals surface area contributed by atoms with Crippen LogP contribution >= 0.6 is 0 Å². The van der Waals surface area contributed by atoms with Gasteiger partial charge in [-0.2, -0.15) is 0 Å². The van der Waals surface area contributed by atoms with Crippen LogP contribution in [0.3, 0.4) is 0 Å². The second-order valence-electron chi connectivity index (χ2n) is 8.01. The number of rotatable bonds is 6. The molecule has 3 aliphatic rings. The number of aliphatic carboxylic acids is 1. The van der Waals surface area contributed by atoms with Crippen LogP contribution in [0, 0.1) is 35.0 Å². The molecule has 0 radical (unpaired) electrons. The fourth-order valence-electron chi connectivity index (χ4n) is 4.90. The number of amides is 1. The summed E-state index contributed by atoms with van der Waals surface area (Å²) in [7, 11) is 0. The fourth-order valence-corrected chi connectivity index (χ4v) is 4.90. The summed E-state index contributed by atoms with van der Waals surface area (Å²) in [5, 5.41) is 12.6. The molecule has 0 aromatic carbocycles. The van der Waals surface area contributed by atoms with Crippen molar-refractivity contribution >= 4 is 11.9 Å². The predicted octanol–water partition coefficient (Wildman–Crippen LogP) is 2.84. The van der Waals surface area contributed by atoms with Gasteiger partial charge < -0.3 is 10.4 Å². The smallest absolute Gasteiger partial charge is 0.307 e. The number of carboxylic acids is 1. The van der Waals surface area contributed by atoms with Crippen LogP contribution < -0.4 is 5.32 Å². The van der Waals surface area contributed by atoms with E-state index in [4.69, 9.17) is 0 Å². The number of carboxylic acid groups (broad SMARTS) is 1. The van der Waals surface area contributed by atoms with Crippen molar-refractivity contribution in [3.8, 4) is 0 Å².